The number of nitrogens with zero attached hydrogens (tertiary/aromatic N) is 3. The number of rotatable bonds is 8. The van der Waals surface area contributed by atoms with Crippen LogP contribution in [0.25, 0.3) is 0 Å². The first-order chi connectivity index (χ1) is 14.2. The number of piperidine rings is 1. The van der Waals surface area contributed by atoms with Gasteiger partial charge in [-0.2, -0.15) is 0 Å². The molecule has 2 aliphatic rings. The van der Waals surface area contributed by atoms with Crippen molar-refractivity contribution in [3.05, 3.63) is 21.9 Å². The summed E-state index contributed by atoms with van der Waals surface area (Å²) in [5.41, 5.74) is 1.32. The number of guanidine groups is 1. The number of fused-ring (bicyclic) bond motifs is 1. The fourth-order valence-corrected chi connectivity index (χ4v) is 4.91. The molecular formula is C22H38IN5OS. The molecule has 0 spiro atoms. The van der Waals surface area contributed by atoms with Crippen molar-refractivity contribution in [1.29, 1.82) is 0 Å². The van der Waals surface area contributed by atoms with Crippen molar-refractivity contribution in [3.8, 4) is 0 Å². The van der Waals surface area contributed by atoms with Gasteiger partial charge in [0.05, 0.1) is 0 Å². The van der Waals surface area contributed by atoms with Gasteiger partial charge in [0.15, 0.2) is 5.96 Å². The van der Waals surface area contributed by atoms with E-state index in [9.17, 15) is 4.79 Å². The summed E-state index contributed by atoms with van der Waals surface area (Å²) in [5.74, 6) is 1.93. The molecule has 0 bridgehead atoms. The third kappa shape index (κ3) is 8.00. The van der Waals surface area contributed by atoms with Gasteiger partial charge in [0, 0.05) is 44.0 Å². The lowest BCUT2D eigenvalue weighted by Gasteiger charge is -2.29. The van der Waals surface area contributed by atoms with E-state index in [2.05, 4.69) is 45.8 Å². The molecule has 0 unspecified atom stereocenters. The second-order valence-electron chi connectivity index (χ2n) is 8.25. The van der Waals surface area contributed by atoms with E-state index < -0.39 is 0 Å². The van der Waals surface area contributed by atoms with E-state index >= 15 is 0 Å². The Morgan fingerprint density at radius 1 is 1.27 bits per heavy atom. The SMILES string of the molecule is CCNC(=NCCCN1CCC(C)CC1)NCCC(=O)N1CCc2sccc2C1.I. The Morgan fingerprint density at radius 2 is 2.07 bits per heavy atom. The van der Waals surface area contributed by atoms with Gasteiger partial charge in [0.1, 0.15) is 0 Å². The first kappa shape index (κ1) is 25.4. The van der Waals surface area contributed by atoms with Crippen LogP contribution in [0.5, 0.6) is 0 Å². The predicted molar refractivity (Wildman–Crippen MR) is 137 cm³/mol. The predicted octanol–water partition coefficient (Wildman–Crippen LogP) is 3.32. The highest BCUT2D eigenvalue weighted by atomic mass is 127. The second-order valence-corrected chi connectivity index (χ2v) is 9.25. The lowest BCUT2D eigenvalue weighted by atomic mass is 9.99. The molecule has 3 heterocycles. The Hall–Kier alpha value is -0.870. The van der Waals surface area contributed by atoms with Crippen molar-refractivity contribution < 1.29 is 4.79 Å². The maximum Gasteiger partial charge on any atom is 0.224 e. The van der Waals surface area contributed by atoms with Gasteiger partial charge in [-0.1, -0.05) is 6.92 Å². The maximum atomic E-state index is 12.6. The molecule has 1 aromatic heterocycles. The highest BCUT2D eigenvalue weighted by Gasteiger charge is 2.21. The molecule has 0 saturated carbocycles. The molecule has 30 heavy (non-hydrogen) atoms. The lowest BCUT2D eigenvalue weighted by molar-refractivity contribution is -0.131. The summed E-state index contributed by atoms with van der Waals surface area (Å²) in [7, 11) is 0. The molecule has 0 aromatic carbocycles. The summed E-state index contributed by atoms with van der Waals surface area (Å²) in [6, 6.07) is 2.15. The average Bonchev–Trinajstić information content (AvgIpc) is 3.20. The van der Waals surface area contributed by atoms with Gasteiger partial charge in [-0.15, -0.1) is 35.3 Å². The lowest BCUT2D eigenvalue weighted by Crippen LogP contribution is -2.41. The monoisotopic (exact) mass is 547 g/mol. The zero-order valence-electron chi connectivity index (χ0n) is 18.5. The van der Waals surface area contributed by atoms with Gasteiger partial charge in [-0.25, -0.2) is 0 Å². The zero-order valence-corrected chi connectivity index (χ0v) is 21.6. The molecule has 3 rings (SSSR count). The minimum Gasteiger partial charge on any atom is -0.357 e. The van der Waals surface area contributed by atoms with Gasteiger partial charge < -0.3 is 20.4 Å². The Labute approximate surface area is 202 Å². The van der Waals surface area contributed by atoms with Crippen LogP contribution in [-0.4, -0.2) is 67.5 Å². The van der Waals surface area contributed by atoms with Crippen molar-refractivity contribution in [2.45, 2.75) is 52.5 Å². The smallest absolute Gasteiger partial charge is 0.224 e. The summed E-state index contributed by atoms with van der Waals surface area (Å²) in [5, 5.41) is 8.75. The number of likely N-dealkylation sites (tertiary alicyclic amines) is 1. The summed E-state index contributed by atoms with van der Waals surface area (Å²) in [6.45, 7) is 11.9. The van der Waals surface area contributed by atoms with Crippen LogP contribution >= 0.6 is 35.3 Å². The molecule has 0 aliphatic carbocycles. The Bertz CT molecular complexity index is 672. The highest BCUT2D eigenvalue weighted by molar-refractivity contribution is 14.0. The molecule has 0 atom stereocenters. The third-order valence-electron chi connectivity index (χ3n) is 5.91. The fourth-order valence-electron chi connectivity index (χ4n) is 4.02. The van der Waals surface area contributed by atoms with Crippen molar-refractivity contribution in [1.82, 2.24) is 20.4 Å². The standard InChI is InChI=1S/C22H37N5OS.HI/c1-3-23-22(24-10-4-12-26-13-6-18(2)7-14-26)25-11-5-21(28)27-15-8-20-19(17-27)9-16-29-20;/h9,16,18H,3-8,10-15,17H2,1-2H3,(H2,23,24,25);1H. The van der Waals surface area contributed by atoms with E-state index in [1.54, 1.807) is 0 Å². The fraction of sp³-hybridized carbons (Fsp3) is 0.727. The van der Waals surface area contributed by atoms with Crippen LogP contribution in [0.4, 0.5) is 0 Å². The summed E-state index contributed by atoms with van der Waals surface area (Å²) >= 11 is 1.81. The van der Waals surface area contributed by atoms with Crippen LogP contribution in [-0.2, 0) is 17.8 Å². The molecule has 1 fully saturated rings. The number of hydrogen-bond acceptors (Lipinski definition) is 4. The number of carbonyl (C=O) groups is 1. The summed E-state index contributed by atoms with van der Waals surface area (Å²) < 4.78 is 0. The molecule has 8 heteroatoms. The van der Waals surface area contributed by atoms with E-state index in [0.29, 0.717) is 13.0 Å². The molecule has 1 saturated heterocycles. The number of nitrogens with one attached hydrogen (secondary N) is 2. The van der Waals surface area contributed by atoms with Crippen LogP contribution in [0.2, 0.25) is 0 Å². The van der Waals surface area contributed by atoms with E-state index in [4.69, 9.17) is 0 Å². The van der Waals surface area contributed by atoms with Crippen molar-refractivity contribution in [2.75, 3.05) is 45.8 Å². The Kier molecular flexibility index (Phi) is 11.4. The van der Waals surface area contributed by atoms with Gasteiger partial charge in [-0.3, -0.25) is 9.79 Å². The molecule has 1 amide bonds. The topological polar surface area (TPSA) is 60.0 Å². The number of aliphatic imine (C=N–C) groups is 1. The minimum atomic E-state index is 0. The van der Waals surface area contributed by atoms with E-state index in [1.807, 2.05) is 16.2 Å². The van der Waals surface area contributed by atoms with E-state index in [0.717, 1.165) is 57.4 Å². The molecule has 0 radical (unpaired) electrons. The number of thiophene rings is 1. The first-order valence-corrected chi connectivity index (χ1v) is 12.1. The quantitative estimate of drug-likeness (QED) is 0.227. The average molecular weight is 548 g/mol. The highest BCUT2D eigenvalue weighted by Crippen LogP contribution is 2.24. The van der Waals surface area contributed by atoms with Crippen LogP contribution < -0.4 is 10.6 Å². The first-order valence-electron chi connectivity index (χ1n) is 11.2. The number of carbonyl (C=O) groups excluding carboxylic acids is 1. The van der Waals surface area contributed by atoms with Crippen molar-refractivity contribution >= 4 is 47.2 Å². The van der Waals surface area contributed by atoms with Gasteiger partial charge in [0.25, 0.3) is 0 Å². The zero-order chi connectivity index (χ0) is 20.5. The molecule has 2 N–H and O–H groups in total. The van der Waals surface area contributed by atoms with Crippen molar-refractivity contribution in [3.63, 3.8) is 0 Å². The molecule has 170 valence electrons. The number of amides is 1. The third-order valence-corrected chi connectivity index (χ3v) is 6.94. The number of halogens is 1. The molecule has 1 aromatic rings. The largest absolute Gasteiger partial charge is 0.357 e. The van der Waals surface area contributed by atoms with Crippen LogP contribution in [0.15, 0.2) is 16.4 Å². The van der Waals surface area contributed by atoms with E-state index in [1.165, 1.54) is 36.4 Å². The Morgan fingerprint density at radius 3 is 2.83 bits per heavy atom. The van der Waals surface area contributed by atoms with Crippen LogP contribution in [0.1, 0.15) is 50.0 Å². The van der Waals surface area contributed by atoms with Gasteiger partial charge in [-0.05, 0) is 75.2 Å². The number of hydrogen-bond donors (Lipinski definition) is 2. The van der Waals surface area contributed by atoms with Crippen LogP contribution in [0.3, 0.4) is 0 Å². The second kappa shape index (κ2) is 13.5. The molecule has 6 nitrogen and oxygen atoms in total. The molecule has 2 aliphatic heterocycles. The van der Waals surface area contributed by atoms with Gasteiger partial charge in [0.2, 0.25) is 5.91 Å². The Balaban J connectivity index is 0.00000320. The van der Waals surface area contributed by atoms with Gasteiger partial charge >= 0.3 is 0 Å². The molecular weight excluding hydrogens is 509 g/mol. The maximum absolute atomic E-state index is 12.6. The van der Waals surface area contributed by atoms with Crippen molar-refractivity contribution in [2.24, 2.45) is 10.9 Å². The minimum absolute atomic E-state index is 0. The summed E-state index contributed by atoms with van der Waals surface area (Å²) in [4.78, 5) is 23.2. The van der Waals surface area contributed by atoms with E-state index in [-0.39, 0.29) is 29.9 Å². The summed E-state index contributed by atoms with van der Waals surface area (Å²) in [6.07, 6.45) is 5.24. The normalized spacial score (nSPS) is 17.9. The van der Waals surface area contributed by atoms with Crippen LogP contribution in [0, 0.1) is 5.92 Å².